The SMILES string of the molecule is c1ccoc1.c1ccoc1. The average molecular weight is 136 g/mol. The first-order valence-electron chi connectivity index (χ1n) is 2.94. The minimum absolute atomic E-state index is 1.62. The second kappa shape index (κ2) is 4.44. The maximum Gasteiger partial charge on any atom is 0.0902 e. The molecule has 0 bridgehead atoms. The highest BCUT2D eigenvalue weighted by Gasteiger charge is 1.59. The van der Waals surface area contributed by atoms with E-state index in [9.17, 15) is 0 Å². The van der Waals surface area contributed by atoms with Gasteiger partial charge in [0.25, 0.3) is 0 Å². The van der Waals surface area contributed by atoms with Crippen molar-refractivity contribution in [1.82, 2.24) is 0 Å². The molecule has 2 heterocycles. The second-order valence-corrected chi connectivity index (χ2v) is 1.59. The normalized spacial score (nSPS) is 8.00. The van der Waals surface area contributed by atoms with Crippen LogP contribution in [0.25, 0.3) is 0 Å². The third kappa shape index (κ3) is 2.77. The van der Waals surface area contributed by atoms with Gasteiger partial charge in [-0.3, -0.25) is 0 Å². The van der Waals surface area contributed by atoms with Crippen molar-refractivity contribution in [2.24, 2.45) is 0 Å². The molecule has 2 rings (SSSR count). The first-order valence-corrected chi connectivity index (χ1v) is 2.94. The summed E-state index contributed by atoms with van der Waals surface area (Å²) in [6.07, 6.45) is 6.50. The summed E-state index contributed by atoms with van der Waals surface area (Å²) in [6, 6.07) is 7.33. The quantitative estimate of drug-likeness (QED) is 0.556. The highest BCUT2D eigenvalue weighted by Crippen LogP contribution is 1.80. The zero-order valence-electron chi connectivity index (χ0n) is 5.44. The Balaban J connectivity index is 0.0000001000. The number of rotatable bonds is 0. The molecular formula is C8H8O2. The lowest BCUT2D eigenvalue weighted by Gasteiger charge is -1.50. The Kier molecular flexibility index (Phi) is 2.96. The van der Waals surface area contributed by atoms with Gasteiger partial charge >= 0.3 is 0 Å². The predicted molar refractivity (Wildman–Crippen MR) is 37.4 cm³/mol. The van der Waals surface area contributed by atoms with E-state index in [0.29, 0.717) is 0 Å². The summed E-state index contributed by atoms with van der Waals surface area (Å²) >= 11 is 0. The molecule has 2 heteroatoms. The van der Waals surface area contributed by atoms with E-state index in [1.807, 2.05) is 24.3 Å². The minimum atomic E-state index is 1.62. The molecule has 2 aromatic rings. The van der Waals surface area contributed by atoms with Crippen LogP contribution in [0, 0.1) is 0 Å². The van der Waals surface area contributed by atoms with Crippen LogP contribution in [0.5, 0.6) is 0 Å². The highest BCUT2D eigenvalue weighted by atomic mass is 16.3. The van der Waals surface area contributed by atoms with Gasteiger partial charge < -0.3 is 8.83 Å². The average Bonchev–Trinajstić information content (AvgIpc) is 2.67. The molecule has 0 amide bonds. The molecule has 0 N–H and O–H groups in total. The van der Waals surface area contributed by atoms with E-state index in [2.05, 4.69) is 8.83 Å². The van der Waals surface area contributed by atoms with Crippen LogP contribution in [-0.2, 0) is 0 Å². The van der Waals surface area contributed by atoms with Gasteiger partial charge in [-0.15, -0.1) is 0 Å². The van der Waals surface area contributed by atoms with Crippen molar-refractivity contribution >= 4 is 0 Å². The maximum absolute atomic E-state index is 4.58. The van der Waals surface area contributed by atoms with Gasteiger partial charge in [-0.1, -0.05) is 0 Å². The molecule has 2 aromatic heterocycles. The molecule has 0 aliphatic rings. The summed E-state index contributed by atoms with van der Waals surface area (Å²) in [7, 11) is 0. The fourth-order valence-corrected chi connectivity index (χ4v) is 0.454. The number of hydrogen-bond acceptors (Lipinski definition) is 2. The third-order valence-corrected chi connectivity index (χ3v) is 0.851. The molecule has 52 valence electrons. The minimum Gasteiger partial charge on any atom is -0.473 e. The lowest BCUT2D eigenvalue weighted by Crippen LogP contribution is -1.16. The summed E-state index contributed by atoms with van der Waals surface area (Å²) in [6.45, 7) is 0. The van der Waals surface area contributed by atoms with Crippen molar-refractivity contribution < 1.29 is 8.83 Å². The van der Waals surface area contributed by atoms with Gasteiger partial charge in [0, 0.05) is 0 Å². The van der Waals surface area contributed by atoms with E-state index in [1.54, 1.807) is 25.1 Å². The summed E-state index contributed by atoms with van der Waals surface area (Å²) in [5.41, 5.74) is 0. The Morgan fingerprint density at radius 2 is 0.800 bits per heavy atom. The van der Waals surface area contributed by atoms with Crippen LogP contribution in [0.15, 0.2) is 58.2 Å². The van der Waals surface area contributed by atoms with Crippen molar-refractivity contribution in [2.45, 2.75) is 0 Å². The molecule has 0 aromatic carbocycles. The number of hydrogen-bond donors (Lipinski definition) is 0. The van der Waals surface area contributed by atoms with Gasteiger partial charge in [0.2, 0.25) is 0 Å². The van der Waals surface area contributed by atoms with Crippen LogP contribution >= 0.6 is 0 Å². The standard InChI is InChI=1S/2C4H4O/c2*1-2-4-5-3-1/h2*1-4H. The molecular weight excluding hydrogens is 128 g/mol. The van der Waals surface area contributed by atoms with Gasteiger partial charge in [0.05, 0.1) is 25.1 Å². The maximum atomic E-state index is 4.58. The Morgan fingerprint density at radius 1 is 0.500 bits per heavy atom. The van der Waals surface area contributed by atoms with E-state index < -0.39 is 0 Å². The Hall–Kier alpha value is -1.44. The lowest BCUT2D eigenvalue weighted by molar-refractivity contribution is 0.567. The van der Waals surface area contributed by atoms with Crippen molar-refractivity contribution in [3.63, 3.8) is 0 Å². The first-order chi connectivity index (χ1) is 5.00. The van der Waals surface area contributed by atoms with Crippen molar-refractivity contribution in [3.05, 3.63) is 49.3 Å². The highest BCUT2D eigenvalue weighted by molar-refractivity contribution is 4.79. The number of furan rings is 2. The molecule has 0 aliphatic heterocycles. The third-order valence-electron chi connectivity index (χ3n) is 0.851. The van der Waals surface area contributed by atoms with Gasteiger partial charge in [-0.2, -0.15) is 0 Å². The van der Waals surface area contributed by atoms with Crippen molar-refractivity contribution in [2.75, 3.05) is 0 Å². The molecule has 0 unspecified atom stereocenters. The molecule has 0 saturated carbocycles. The smallest absolute Gasteiger partial charge is 0.0902 e. The van der Waals surface area contributed by atoms with E-state index in [-0.39, 0.29) is 0 Å². The molecule has 2 nitrogen and oxygen atoms in total. The van der Waals surface area contributed by atoms with E-state index >= 15 is 0 Å². The fraction of sp³-hybridized carbons (Fsp3) is 0. The second-order valence-electron chi connectivity index (χ2n) is 1.59. The topological polar surface area (TPSA) is 26.3 Å². The van der Waals surface area contributed by atoms with Crippen LogP contribution in [0.3, 0.4) is 0 Å². The Morgan fingerprint density at radius 3 is 0.900 bits per heavy atom. The summed E-state index contributed by atoms with van der Waals surface area (Å²) in [4.78, 5) is 0. The Bertz CT molecular complexity index is 146. The Labute approximate surface area is 59.1 Å². The first kappa shape index (κ1) is 6.68. The predicted octanol–water partition coefficient (Wildman–Crippen LogP) is 2.56. The van der Waals surface area contributed by atoms with Crippen molar-refractivity contribution in [3.8, 4) is 0 Å². The van der Waals surface area contributed by atoms with Gasteiger partial charge in [-0.25, -0.2) is 0 Å². The van der Waals surface area contributed by atoms with Crippen LogP contribution < -0.4 is 0 Å². The van der Waals surface area contributed by atoms with Gasteiger partial charge in [-0.05, 0) is 24.3 Å². The zero-order chi connectivity index (χ0) is 7.07. The fourth-order valence-electron chi connectivity index (χ4n) is 0.454. The lowest BCUT2D eigenvalue weighted by atomic mass is 10.7. The molecule has 0 radical (unpaired) electrons. The molecule has 0 spiro atoms. The van der Waals surface area contributed by atoms with E-state index in [4.69, 9.17) is 0 Å². The zero-order valence-corrected chi connectivity index (χ0v) is 5.44. The molecule has 0 fully saturated rings. The van der Waals surface area contributed by atoms with Crippen LogP contribution in [0.1, 0.15) is 0 Å². The molecule has 0 atom stereocenters. The summed E-state index contributed by atoms with van der Waals surface area (Å²) in [5.74, 6) is 0. The van der Waals surface area contributed by atoms with Crippen molar-refractivity contribution in [1.29, 1.82) is 0 Å². The van der Waals surface area contributed by atoms with E-state index in [0.717, 1.165) is 0 Å². The molecule has 0 aliphatic carbocycles. The van der Waals surface area contributed by atoms with E-state index in [1.165, 1.54) is 0 Å². The molecule has 0 saturated heterocycles. The largest absolute Gasteiger partial charge is 0.473 e. The van der Waals surface area contributed by atoms with Crippen LogP contribution in [0.2, 0.25) is 0 Å². The van der Waals surface area contributed by atoms with Gasteiger partial charge in [0.1, 0.15) is 0 Å². The monoisotopic (exact) mass is 136 g/mol. The van der Waals surface area contributed by atoms with Crippen LogP contribution in [-0.4, -0.2) is 0 Å². The van der Waals surface area contributed by atoms with Crippen LogP contribution in [0.4, 0.5) is 0 Å². The summed E-state index contributed by atoms with van der Waals surface area (Å²) < 4.78 is 9.17. The molecule has 10 heavy (non-hydrogen) atoms. The van der Waals surface area contributed by atoms with Gasteiger partial charge in [0.15, 0.2) is 0 Å². The summed E-state index contributed by atoms with van der Waals surface area (Å²) in [5, 5.41) is 0.